The van der Waals surface area contributed by atoms with E-state index in [2.05, 4.69) is 10.6 Å². The van der Waals surface area contributed by atoms with Gasteiger partial charge in [-0.3, -0.25) is 29.4 Å². The highest BCUT2D eigenvalue weighted by molar-refractivity contribution is 6.15. The average Bonchev–Trinajstić information content (AvgIpc) is 3.45. The molecule has 2 saturated heterocycles. The van der Waals surface area contributed by atoms with E-state index in [-0.39, 0.29) is 24.9 Å². The molecular weight excluding hydrogens is 483 g/mol. The van der Waals surface area contributed by atoms with Crippen molar-refractivity contribution in [2.45, 2.75) is 30.8 Å². The fraction of sp³-hybridized carbons (Fsp3) is 0.385. The number of amides is 4. The van der Waals surface area contributed by atoms with Crippen LogP contribution < -0.4 is 25.8 Å². The lowest BCUT2D eigenvalue weighted by Gasteiger charge is -2.29. The van der Waals surface area contributed by atoms with Crippen molar-refractivity contribution in [2.24, 2.45) is 17.6 Å². The van der Waals surface area contributed by atoms with Crippen LogP contribution in [-0.2, 0) is 31.1 Å². The minimum absolute atomic E-state index is 0.0400. The molecule has 2 fully saturated rings. The molecule has 0 radical (unpaired) electrons. The Morgan fingerprint density at radius 1 is 1.08 bits per heavy atom. The molecule has 1 spiro atoms. The second kappa shape index (κ2) is 9.15. The second-order valence-corrected chi connectivity index (χ2v) is 9.48. The van der Waals surface area contributed by atoms with Crippen LogP contribution in [0.2, 0.25) is 0 Å². The van der Waals surface area contributed by atoms with Gasteiger partial charge in [0.2, 0.25) is 23.6 Å². The summed E-state index contributed by atoms with van der Waals surface area (Å²) in [5, 5.41) is 5.87. The highest BCUT2D eigenvalue weighted by Gasteiger charge is 2.70. The number of carbonyl (C=O) groups excluding carboxylic acids is 4. The number of nitrogens with zero attached hydrogens (tertiary/aromatic N) is 1. The molecular formula is C26H27FN4O6. The van der Waals surface area contributed by atoms with Crippen LogP contribution in [0.1, 0.15) is 24.0 Å². The second-order valence-electron chi connectivity index (χ2n) is 9.48. The SMILES string of the molecule is COc1ccc(CCN2C(=O)C3C(CCC(N)=O)NC4(C(=O)Nc5ccc(F)cc54)C3C2=O)cc1OC. The van der Waals surface area contributed by atoms with Crippen molar-refractivity contribution in [3.05, 3.63) is 53.3 Å². The molecule has 2 aromatic rings. The molecule has 3 aliphatic rings. The van der Waals surface area contributed by atoms with Gasteiger partial charge < -0.3 is 20.5 Å². The number of hydrogen-bond acceptors (Lipinski definition) is 7. The zero-order valence-corrected chi connectivity index (χ0v) is 20.4. The first-order valence-corrected chi connectivity index (χ1v) is 11.9. The summed E-state index contributed by atoms with van der Waals surface area (Å²) in [6.45, 7) is 0.0798. The lowest BCUT2D eigenvalue weighted by molar-refractivity contribution is -0.142. The van der Waals surface area contributed by atoms with Gasteiger partial charge >= 0.3 is 0 Å². The number of carbonyl (C=O) groups is 4. The minimum atomic E-state index is -1.63. The number of nitrogens with one attached hydrogen (secondary N) is 2. The van der Waals surface area contributed by atoms with Gasteiger partial charge in [0.25, 0.3) is 0 Å². The van der Waals surface area contributed by atoms with E-state index in [4.69, 9.17) is 15.2 Å². The number of likely N-dealkylation sites (tertiary alicyclic amines) is 1. The third-order valence-electron chi connectivity index (χ3n) is 7.54. The van der Waals surface area contributed by atoms with Gasteiger partial charge in [-0.25, -0.2) is 4.39 Å². The molecule has 37 heavy (non-hydrogen) atoms. The van der Waals surface area contributed by atoms with Gasteiger partial charge in [0, 0.05) is 30.3 Å². The predicted molar refractivity (Wildman–Crippen MR) is 129 cm³/mol. The molecule has 3 aliphatic heterocycles. The lowest BCUT2D eigenvalue weighted by Crippen LogP contribution is -2.53. The summed E-state index contributed by atoms with van der Waals surface area (Å²) in [6.07, 6.45) is 0.460. The Labute approximate surface area is 212 Å². The first-order chi connectivity index (χ1) is 17.7. The normalized spacial score (nSPS) is 25.9. The molecule has 4 atom stereocenters. The van der Waals surface area contributed by atoms with E-state index in [1.54, 1.807) is 12.1 Å². The maximum atomic E-state index is 14.3. The number of methoxy groups -OCH3 is 2. The highest BCUT2D eigenvalue weighted by atomic mass is 19.1. The van der Waals surface area contributed by atoms with Crippen molar-refractivity contribution in [1.82, 2.24) is 10.2 Å². The largest absolute Gasteiger partial charge is 0.493 e. The standard InChI is InChI=1S/C26H27FN4O6/c1-36-18-7-3-13(11-19(18)37-2)9-10-31-23(33)21-17(6-8-20(28)32)30-26(22(21)24(31)34)15-12-14(27)4-5-16(15)29-25(26)35/h3-5,7,11-12,17,21-22,30H,6,8-10H2,1-2H3,(H2,28,32)(H,29,35). The molecule has 3 heterocycles. The topological polar surface area (TPSA) is 140 Å². The highest BCUT2D eigenvalue weighted by Crippen LogP contribution is 2.53. The molecule has 4 N–H and O–H groups in total. The summed E-state index contributed by atoms with van der Waals surface area (Å²) >= 11 is 0. The van der Waals surface area contributed by atoms with Crippen LogP contribution in [0.4, 0.5) is 10.1 Å². The maximum absolute atomic E-state index is 14.3. The molecule has 5 rings (SSSR count). The molecule has 4 unspecified atom stereocenters. The third kappa shape index (κ3) is 3.81. The average molecular weight is 511 g/mol. The Morgan fingerprint density at radius 3 is 2.54 bits per heavy atom. The lowest BCUT2D eigenvalue weighted by atomic mass is 9.76. The first-order valence-electron chi connectivity index (χ1n) is 11.9. The number of anilines is 1. The molecule has 11 heteroatoms. The number of ether oxygens (including phenoxy) is 2. The molecule has 0 aliphatic carbocycles. The number of primary amides is 1. The molecule has 0 saturated carbocycles. The van der Waals surface area contributed by atoms with Gasteiger partial charge in [0.05, 0.1) is 26.1 Å². The van der Waals surface area contributed by atoms with Gasteiger partial charge in [0.15, 0.2) is 11.5 Å². The van der Waals surface area contributed by atoms with E-state index in [1.807, 2.05) is 6.07 Å². The summed E-state index contributed by atoms with van der Waals surface area (Å²) in [7, 11) is 3.04. The predicted octanol–water partition coefficient (Wildman–Crippen LogP) is 1.07. The van der Waals surface area contributed by atoms with Crippen LogP contribution in [0, 0.1) is 17.7 Å². The zero-order valence-electron chi connectivity index (χ0n) is 20.4. The van der Waals surface area contributed by atoms with Gasteiger partial charge in [-0.05, 0) is 48.7 Å². The van der Waals surface area contributed by atoms with Crippen LogP contribution in [0.15, 0.2) is 36.4 Å². The van der Waals surface area contributed by atoms with Crippen molar-refractivity contribution in [3.63, 3.8) is 0 Å². The molecule has 194 valence electrons. The van der Waals surface area contributed by atoms with Crippen molar-refractivity contribution in [1.29, 1.82) is 0 Å². The van der Waals surface area contributed by atoms with Crippen molar-refractivity contribution in [2.75, 3.05) is 26.1 Å². The van der Waals surface area contributed by atoms with E-state index in [0.717, 1.165) is 10.5 Å². The first kappa shape index (κ1) is 24.7. The molecule has 2 aromatic carbocycles. The maximum Gasteiger partial charge on any atom is 0.250 e. The van der Waals surface area contributed by atoms with Crippen LogP contribution in [0.25, 0.3) is 0 Å². The Hall–Kier alpha value is -3.99. The van der Waals surface area contributed by atoms with Crippen LogP contribution >= 0.6 is 0 Å². The van der Waals surface area contributed by atoms with E-state index in [9.17, 15) is 23.6 Å². The quantitative estimate of drug-likeness (QED) is 0.452. The van der Waals surface area contributed by atoms with Crippen molar-refractivity contribution >= 4 is 29.3 Å². The zero-order chi connectivity index (χ0) is 26.5. The fourth-order valence-corrected chi connectivity index (χ4v) is 5.88. The number of halogens is 1. The van der Waals surface area contributed by atoms with Gasteiger partial charge in [-0.2, -0.15) is 0 Å². The number of fused-ring (bicyclic) bond motifs is 4. The van der Waals surface area contributed by atoms with Crippen LogP contribution in [-0.4, -0.2) is 55.3 Å². The van der Waals surface area contributed by atoms with E-state index < -0.39 is 52.9 Å². The van der Waals surface area contributed by atoms with E-state index >= 15 is 0 Å². The third-order valence-corrected chi connectivity index (χ3v) is 7.54. The summed E-state index contributed by atoms with van der Waals surface area (Å²) in [6, 6.07) is 8.50. The number of benzene rings is 2. The van der Waals surface area contributed by atoms with Crippen LogP contribution in [0.3, 0.4) is 0 Å². The number of rotatable bonds is 8. The Bertz CT molecular complexity index is 1320. The minimum Gasteiger partial charge on any atom is -0.493 e. The molecule has 0 bridgehead atoms. The number of nitrogens with two attached hydrogens (primary N) is 1. The summed E-state index contributed by atoms with van der Waals surface area (Å²) in [4.78, 5) is 53.5. The molecule has 4 amide bonds. The van der Waals surface area contributed by atoms with Gasteiger partial charge in [0.1, 0.15) is 11.4 Å². The Kier molecular flexibility index (Phi) is 6.10. The van der Waals surface area contributed by atoms with Gasteiger partial charge in [-0.1, -0.05) is 6.07 Å². The summed E-state index contributed by atoms with van der Waals surface area (Å²) in [5.41, 5.74) is 5.18. The van der Waals surface area contributed by atoms with Crippen LogP contribution in [0.5, 0.6) is 11.5 Å². The van der Waals surface area contributed by atoms with Crippen molar-refractivity contribution < 1.29 is 33.0 Å². The smallest absolute Gasteiger partial charge is 0.250 e. The molecule has 10 nitrogen and oxygen atoms in total. The summed E-state index contributed by atoms with van der Waals surface area (Å²) < 4.78 is 24.9. The summed E-state index contributed by atoms with van der Waals surface area (Å²) in [5.74, 6) is -3.55. The van der Waals surface area contributed by atoms with E-state index in [1.165, 1.54) is 32.4 Å². The molecule has 0 aromatic heterocycles. The van der Waals surface area contributed by atoms with Gasteiger partial charge in [-0.15, -0.1) is 0 Å². The Balaban J connectivity index is 1.48. The van der Waals surface area contributed by atoms with E-state index in [0.29, 0.717) is 23.6 Å². The number of hydrogen-bond donors (Lipinski definition) is 3. The fourth-order valence-electron chi connectivity index (χ4n) is 5.88. The Morgan fingerprint density at radius 2 is 1.84 bits per heavy atom. The van der Waals surface area contributed by atoms with Crippen molar-refractivity contribution in [3.8, 4) is 11.5 Å². The number of imide groups is 1. The monoisotopic (exact) mass is 510 g/mol.